The van der Waals surface area contributed by atoms with Crippen LogP contribution in [0.25, 0.3) is 0 Å². The molecule has 1 N–H and O–H groups in total. The Labute approximate surface area is 145 Å². The minimum absolute atomic E-state index is 0.0577. The monoisotopic (exact) mass is 334 g/mol. The number of carbonyl (C=O) groups is 1. The zero-order valence-electron chi connectivity index (χ0n) is 15.1. The van der Waals surface area contributed by atoms with Crippen molar-refractivity contribution in [2.24, 2.45) is 0 Å². The maximum absolute atomic E-state index is 12.5. The Kier molecular flexibility index (Phi) is 7.46. The van der Waals surface area contributed by atoms with Crippen LogP contribution in [0.5, 0.6) is 0 Å². The highest BCUT2D eigenvalue weighted by atomic mass is 16.5. The minimum Gasteiger partial charge on any atom is -0.378 e. The van der Waals surface area contributed by atoms with E-state index in [4.69, 9.17) is 4.74 Å². The molecule has 1 aliphatic heterocycles. The number of aromatic nitrogens is 1. The van der Waals surface area contributed by atoms with Gasteiger partial charge >= 0.3 is 0 Å². The summed E-state index contributed by atoms with van der Waals surface area (Å²) in [5.41, 5.74) is 1.60. The van der Waals surface area contributed by atoms with E-state index in [0.29, 0.717) is 5.56 Å². The van der Waals surface area contributed by atoms with Gasteiger partial charge in [0.15, 0.2) is 0 Å². The molecule has 1 fully saturated rings. The predicted molar refractivity (Wildman–Crippen MR) is 96.6 cm³/mol. The normalized spacial score (nSPS) is 16.2. The molecule has 6 nitrogen and oxygen atoms in total. The molecule has 0 radical (unpaired) electrons. The van der Waals surface area contributed by atoms with Crippen LogP contribution in [-0.4, -0.2) is 67.8 Å². The molecule has 1 saturated heterocycles. The summed E-state index contributed by atoms with van der Waals surface area (Å²) < 4.78 is 5.37. The SMILES string of the molecule is CCCN(CC)C[C@@H](C)NC(=O)c1cncc(N2CCOCC2)c1. The van der Waals surface area contributed by atoms with Crippen molar-refractivity contribution < 1.29 is 9.53 Å². The van der Waals surface area contributed by atoms with Crippen LogP contribution in [0.2, 0.25) is 0 Å². The van der Waals surface area contributed by atoms with Gasteiger partial charge in [0, 0.05) is 31.9 Å². The Morgan fingerprint density at radius 2 is 2.12 bits per heavy atom. The second-order valence-corrected chi connectivity index (χ2v) is 6.30. The average Bonchev–Trinajstić information content (AvgIpc) is 2.62. The third-order valence-electron chi connectivity index (χ3n) is 4.26. The third-order valence-corrected chi connectivity index (χ3v) is 4.26. The summed E-state index contributed by atoms with van der Waals surface area (Å²) in [4.78, 5) is 21.3. The van der Waals surface area contributed by atoms with Gasteiger partial charge in [0.2, 0.25) is 0 Å². The van der Waals surface area contributed by atoms with E-state index in [1.807, 2.05) is 12.3 Å². The Morgan fingerprint density at radius 3 is 2.79 bits per heavy atom. The molecule has 0 spiro atoms. The van der Waals surface area contributed by atoms with Gasteiger partial charge in [-0.2, -0.15) is 0 Å². The van der Waals surface area contributed by atoms with Gasteiger partial charge in [0.25, 0.3) is 5.91 Å². The van der Waals surface area contributed by atoms with Crippen molar-refractivity contribution in [3.8, 4) is 0 Å². The minimum atomic E-state index is -0.0577. The molecule has 6 heteroatoms. The molecule has 1 aromatic rings. The lowest BCUT2D eigenvalue weighted by molar-refractivity contribution is 0.0929. The van der Waals surface area contributed by atoms with Crippen LogP contribution >= 0.6 is 0 Å². The lowest BCUT2D eigenvalue weighted by Crippen LogP contribution is -2.42. The van der Waals surface area contributed by atoms with Crippen molar-refractivity contribution in [3.63, 3.8) is 0 Å². The van der Waals surface area contributed by atoms with Gasteiger partial charge in [-0.05, 0) is 32.5 Å². The first-order chi connectivity index (χ1) is 11.6. The smallest absolute Gasteiger partial charge is 0.253 e. The number of likely N-dealkylation sites (N-methyl/N-ethyl adjacent to an activating group) is 1. The lowest BCUT2D eigenvalue weighted by Gasteiger charge is -2.28. The van der Waals surface area contributed by atoms with Gasteiger partial charge in [-0.3, -0.25) is 9.78 Å². The first-order valence-electron chi connectivity index (χ1n) is 8.95. The fourth-order valence-corrected chi connectivity index (χ4v) is 2.98. The van der Waals surface area contributed by atoms with Gasteiger partial charge in [0.1, 0.15) is 0 Å². The molecule has 0 bridgehead atoms. The molecule has 0 unspecified atom stereocenters. The number of pyridine rings is 1. The van der Waals surface area contributed by atoms with E-state index in [0.717, 1.165) is 58.0 Å². The van der Waals surface area contributed by atoms with E-state index in [-0.39, 0.29) is 11.9 Å². The first kappa shape index (κ1) is 18.7. The number of carbonyl (C=O) groups excluding carboxylic acids is 1. The average molecular weight is 334 g/mol. The van der Waals surface area contributed by atoms with Crippen LogP contribution in [0.3, 0.4) is 0 Å². The maximum Gasteiger partial charge on any atom is 0.253 e. The summed E-state index contributed by atoms with van der Waals surface area (Å²) in [5, 5.41) is 3.09. The van der Waals surface area contributed by atoms with E-state index in [2.05, 4.69) is 40.9 Å². The standard InChI is InChI=1S/C18H30N4O2/c1-4-6-21(5-2)14-15(3)20-18(23)16-11-17(13-19-12-16)22-7-9-24-10-8-22/h11-13,15H,4-10,14H2,1-3H3,(H,20,23)/t15-/m1/s1. The molecule has 2 rings (SSSR count). The van der Waals surface area contributed by atoms with Crippen LogP contribution in [-0.2, 0) is 4.74 Å². The van der Waals surface area contributed by atoms with Gasteiger partial charge in [-0.25, -0.2) is 0 Å². The fourth-order valence-electron chi connectivity index (χ4n) is 2.98. The molecule has 134 valence electrons. The molecular weight excluding hydrogens is 304 g/mol. The molecule has 1 amide bonds. The molecule has 2 heterocycles. The highest BCUT2D eigenvalue weighted by molar-refractivity contribution is 5.94. The van der Waals surface area contributed by atoms with Crippen LogP contribution in [0, 0.1) is 0 Å². The summed E-state index contributed by atoms with van der Waals surface area (Å²) in [6.45, 7) is 12.4. The quantitative estimate of drug-likeness (QED) is 0.785. The number of morpholine rings is 1. The number of rotatable bonds is 8. The molecule has 1 aliphatic rings. The van der Waals surface area contributed by atoms with Gasteiger partial charge in [-0.15, -0.1) is 0 Å². The molecular formula is C18H30N4O2. The summed E-state index contributed by atoms with van der Waals surface area (Å²) in [7, 11) is 0. The molecule has 0 aliphatic carbocycles. The summed E-state index contributed by atoms with van der Waals surface area (Å²) in [6.07, 6.45) is 4.57. The van der Waals surface area contributed by atoms with Gasteiger partial charge in [0.05, 0.1) is 30.7 Å². The maximum atomic E-state index is 12.5. The van der Waals surface area contributed by atoms with Crippen molar-refractivity contribution >= 4 is 11.6 Å². The molecule has 1 aromatic heterocycles. The topological polar surface area (TPSA) is 57.7 Å². The Bertz CT molecular complexity index is 517. The van der Waals surface area contributed by atoms with E-state index >= 15 is 0 Å². The van der Waals surface area contributed by atoms with Gasteiger partial charge < -0.3 is 19.9 Å². The number of ether oxygens (including phenoxy) is 1. The Balaban J connectivity index is 1.94. The second kappa shape index (κ2) is 9.59. The van der Waals surface area contributed by atoms with E-state index in [1.165, 1.54) is 0 Å². The zero-order chi connectivity index (χ0) is 17.4. The van der Waals surface area contributed by atoms with Crippen molar-refractivity contribution in [2.45, 2.75) is 33.2 Å². The molecule has 0 saturated carbocycles. The lowest BCUT2D eigenvalue weighted by atomic mass is 10.2. The number of nitrogens with zero attached hydrogens (tertiary/aromatic N) is 3. The van der Waals surface area contributed by atoms with Crippen molar-refractivity contribution in [2.75, 3.05) is 50.8 Å². The van der Waals surface area contributed by atoms with Crippen molar-refractivity contribution in [3.05, 3.63) is 24.0 Å². The Morgan fingerprint density at radius 1 is 1.38 bits per heavy atom. The summed E-state index contributed by atoms with van der Waals surface area (Å²) >= 11 is 0. The molecule has 1 atom stereocenters. The second-order valence-electron chi connectivity index (χ2n) is 6.30. The number of amides is 1. The molecule has 24 heavy (non-hydrogen) atoms. The number of hydrogen-bond donors (Lipinski definition) is 1. The van der Waals surface area contributed by atoms with E-state index < -0.39 is 0 Å². The zero-order valence-corrected chi connectivity index (χ0v) is 15.1. The van der Waals surface area contributed by atoms with Crippen LogP contribution in [0.15, 0.2) is 18.5 Å². The first-order valence-corrected chi connectivity index (χ1v) is 8.95. The number of nitrogens with one attached hydrogen (secondary N) is 1. The van der Waals surface area contributed by atoms with E-state index in [1.54, 1.807) is 6.20 Å². The highest BCUT2D eigenvalue weighted by Crippen LogP contribution is 2.16. The summed E-state index contributed by atoms with van der Waals surface area (Å²) in [5.74, 6) is -0.0577. The van der Waals surface area contributed by atoms with Crippen LogP contribution in [0.4, 0.5) is 5.69 Å². The number of hydrogen-bond acceptors (Lipinski definition) is 5. The summed E-state index contributed by atoms with van der Waals surface area (Å²) in [6, 6.07) is 2.03. The van der Waals surface area contributed by atoms with E-state index in [9.17, 15) is 4.79 Å². The van der Waals surface area contributed by atoms with Crippen molar-refractivity contribution in [1.29, 1.82) is 0 Å². The highest BCUT2D eigenvalue weighted by Gasteiger charge is 2.16. The van der Waals surface area contributed by atoms with Crippen molar-refractivity contribution in [1.82, 2.24) is 15.2 Å². The molecule has 0 aromatic carbocycles. The fraction of sp³-hybridized carbons (Fsp3) is 0.667. The predicted octanol–water partition coefficient (Wildman–Crippen LogP) is 1.77. The number of anilines is 1. The Hall–Kier alpha value is -1.66. The van der Waals surface area contributed by atoms with Crippen LogP contribution in [0.1, 0.15) is 37.6 Å². The third kappa shape index (κ3) is 5.46. The van der Waals surface area contributed by atoms with Gasteiger partial charge in [-0.1, -0.05) is 13.8 Å². The largest absolute Gasteiger partial charge is 0.378 e. The van der Waals surface area contributed by atoms with Crippen LogP contribution < -0.4 is 10.2 Å².